The van der Waals surface area contributed by atoms with Crippen molar-refractivity contribution in [1.82, 2.24) is 15.4 Å². The molecule has 0 radical (unpaired) electrons. The maximum Gasteiger partial charge on any atom is 0.252 e. The summed E-state index contributed by atoms with van der Waals surface area (Å²) in [5, 5.41) is 7.09. The average Bonchev–Trinajstić information content (AvgIpc) is 3.29. The minimum absolute atomic E-state index is 0.0562. The number of aryl methyl sites for hydroxylation is 1. The summed E-state index contributed by atoms with van der Waals surface area (Å²) in [6.45, 7) is 5.45. The summed E-state index contributed by atoms with van der Waals surface area (Å²) in [6, 6.07) is 17.7. The molecule has 2 heterocycles. The monoisotopic (exact) mass is 467 g/mol. The topological polar surface area (TPSA) is 76.8 Å². The molecule has 3 aromatic rings. The van der Waals surface area contributed by atoms with Gasteiger partial charge >= 0.3 is 0 Å². The number of hydrogen-bond acceptors (Lipinski definition) is 7. The van der Waals surface area contributed by atoms with Gasteiger partial charge in [0.25, 0.3) is 5.91 Å². The van der Waals surface area contributed by atoms with Crippen molar-refractivity contribution in [2.45, 2.75) is 23.6 Å². The van der Waals surface area contributed by atoms with E-state index in [2.05, 4.69) is 27.5 Å². The molecule has 1 amide bonds. The fourth-order valence-corrected chi connectivity index (χ4v) is 4.80. The molecule has 1 aromatic heterocycles. The zero-order chi connectivity index (χ0) is 23.0. The molecular formula is C25H29N3O4S. The molecule has 1 aliphatic heterocycles. The van der Waals surface area contributed by atoms with Crippen LogP contribution in [-0.4, -0.2) is 55.9 Å². The highest BCUT2D eigenvalue weighted by Gasteiger charge is 2.24. The molecular weight excluding hydrogens is 438 g/mol. The molecule has 174 valence electrons. The Labute approximate surface area is 198 Å². The fourth-order valence-electron chi connectivity index (χ4n) is 3.87. The molecule has 7 nitrogen and oxygen atoms in total. The number of carbonyl (C=O) groups excluding carboxylic acids is 1. The minimum atomic E-state index is -0.0846. The molecule has 33 heavy (non-hydrogen) atoms. The van der Waals surface area contributed by atoms with Gasteiger partial charge in [-0.05, 0) is 36.8 Å². The number of ether oxygens (including phenoxy) is 2. The van der Waals surface area contributed by atoms with E-state index in [1.807, 2.05) is 49.4 Å². The normalized spacial score (nSPS) is 15.2. The van der Waals surface area contributed by atoms with Gasteiger partial charge in [0, 0.05) is 30.6 Å². The number of rotatable bonds is 9. The van der Waals surface area contributed by atoms with Crippen LogP contribution < -0.4 is 10.1 Å². The van der Waals surface area contributed by atoms with E-state index in [9.17, 15) is 4.79 Å². The van der Waals surface area contributed by atoms with Crippen LogP contribution in [0.5, 0.6) is 5.75 Å². The maximum absolute atomic E-state index is 13.2. The summed E-state index contributed by atoms with van der Waals surface area (Å²) in [6.07, 6.45) is 0. The molecule has 1 N–H and O–H groups in total. The Morgan fingerprint density at radius 3 is 2.64 bits per heavy atom. The Morgan fingerprint density at radius 1 is 1.18 bits per heavy atom. The van der Waals surface area contributed by atoms with Crippen LogP contribution in [0, 0.1) is 6.92 Å². The lowest BCUT2D eigenvalue weighted by molar-refractivity contribution is 0.0162. The Bertz CT molecular complexity index is 1050. The van der Waals surface area contributed by atoms with Gasteiger partial charge in [0.05, 0.1) is 43.4 Å². The van der Waals surface area contributed by atoms with Gasteiger partial charge in [0.15, 0.2) is 0 Å². The lowest BCUT2D eigenvalue weighted by Crippen LogP contribution is -2.43. The van der Waals surface area contributed by atoms with Crippen LogP contribution in [-0.2, 0) is 10.5 Å². The van der Waals surface area contributed by atoms with Crippen molar-refractivity contribution < 1.29 is 18.8 Å². The number of amides is 1. The highest BCUT2D eigenvalue weighted by Crippen LogP contribution is 2.27. The first-order chi connectivity index (χ1) is 16.1. The fraction of sp³-hybridized carbons (Fsp3) is 0.360. The summed E-state index contributed by atoms with van der Waals surface area (Å²) in [5.74, 6) is 2.14. The Balaban J connectivity index is 1.45. The molecule has 8 heteroatoms. The van der Waals surface area contributed by atoms with Crippen molar-refractivity contribution >= 4 is 17.7 Å². The van der Waals surface area contributed by atoms with Gasteiger partial charge in [-0.2, -0.15) is 0 Å². The molecule has 1 aliphatic rings. The highest BCUT2D eigenvalue weighted by atomic mass is 32.2. The van der Waals surface area contributed by atoms with Gasteiger partial charge in [0.2, 0.25) is 0 Å². The summed E-state index contributed by atoms with van der Waals surface area (Å²) in [7, 11) is 1.66. The molecule has 1 saturated heterocycles. The molecule has 1 unspecified atom stereocenters. The Morgan fingerprint density at radius 2 is 1.94 bits per heavy atom. The van der Waals surface area contributed by atoms with Crippen LogP contribution in [0.3, 0.4) is 0 Å². The van der Waals surface area contributed by atoms with E-state index >= 15 is 0 Å². The number of nitrogens with zero attached hydrogens (tertiary/aromatic N) is 2. The predicted molar refractivity (Wildman–Crippen MR) is 128 cm³/mol. The van der Waals surface area contributed by atoms with E-state index < -0.39 is 0 Å². The Hall–Kier alpha value is -2.81. The third-order valence-electron chi connectivity index (χ3n) is 5.62. The first kappa shape index (κ1) is 23.4. The molecule has 2 aromatic carbocycles. The average molecular weight is 468 g/mol. The summed E-state index contributed by atoms with van der Waals surface area (Å²) < 4.78 is 16.1. The van der Waals surface area contributed by atoms with Crippen molar-refractivity contribution in [1.29, 1.82) is 0 Å². The zero-order valence-corrected chi connectivity index (χ0v) is 19.8. The molecule has 4 rings (SSSR count). The molecule has 0 saturated carbocycles. The number of aromatic nitrogens is 1. The van der Waals surface area contributed by atoms with Crippen molar-refractivity contribution in [3.05, 3.63) is 77.2 Å². The van der Waals surface area contributed by atoms with Crippen LogP contribution in [0.15, 0.2) is 64.0 Å². The lowest BCUT2D eigenvalue weighted by Gasteiger charge is -2.35. The van der Waals surface area contributed by atoms with Crippen LogP contribution in [0.2, 0.25) is 0 Å². The molecule has 1 atom stereocenters. The van der Waals surface area contributed by atoms with Gasteiger partial charge in [-0.15, -0.1) is 11.8 Å². The number of hydrogen-bond donors (Lipinski definition) is 1. The maximum atomic E-state index is 13.2. The third-order valence-corrected chi connectivity index (χ3v) is 6.72. The van der Waals surface area contributed by atoms with Crippen LogP contribution >= 0.6 is 11.8 Å². The van der Waals surface area contributed by atoms with Crippen molar-refractivity contribution in [2.75, 3.05) is 40.0 Å². The smallest absolute Gasteiger partial charge is 0.252 e. The van der Waals surface area contributed by atoms with Gasteiger partial charge in [-0.1, -0.05) is 29.4 Å². The Kier molecular flexibility index (Phi) is 8.04. The number of methoxy groups -OCH3 is 1. The molecule has 0 spiro atoms. The number of thioether (sulfide) groups is 1. The summed E-state index contributed by atoms with van der Waals surface area (Å²) in [5.41, 5.74) is 2.65. The first-order valence-corrected chi connectivity index (χ1v) is 12.0. The number of benzene rings is 2. The minimum Gasteiger partial charge on any atom is -0.497 e. The van der Waals surface area contributed by atoms with Gasteiger partial charge in [-0.25, -0.2) is 0 Å². The second-order valence-corrected chi connectivity index (χ2v) is 8.88. The van der Waals surface area contributed by atoms with E-state index in [0.717, 1.165) is 40.8 Å². The van der Waals surface area contributed by atoms with E-state index in [0.29, 0.717) is 31.1 Å². The molecule has 0 bridgehead atoms. The second kappa shape index (κ2) is 11.4. The molecule has 0 aliphatic carbocycles. The van der Waals surface area contributed by atoms with Crippen LogP contribution in [0.25, 0.3) is 0 Å². The van der Waals surface area contributed by atoms with Gasteiger partial charge in [0.1, 0.15) is 11.5 Å². The van der Waals surface area contributed by atoms with Crippen molar-refractivity contribution in [2.24, 2.45) is 0 Å². The van der Waals surface area contributed by atoms with Crippen molar-refractivity contribution in [3.8, 4) is 5.75 Å². The summed E-state index contributed by atoms with van der Waals surface area (Å²) >= 11 is 1.57. The quantitative estimate of drug-likeness (QED) is 0.475. The van der Waals surface area contributed by atoms with Crippen LogP contribution in [0.1, 0.15) is 33.4 Å². The number of carbonyl (C=O) groups is 1. The zero-order valence-electron chi connectivity index (χ0n) is 19.0. The van der Waals surface area contributed by atoms with E-state index in [1.54, 1.807) is 18.9 Å². The van der Waals surface area contributed by atoms with Crippen molar-refractivity contribution in [3.63, 3.8) is 0 Å². The standard InChI is InChI=1S/C25H29N3O4S/c1-18-15-21(32-27-18)17-33-24-6-4-3-5-22(24)25(29)26-16-23(28-11-13-31-14-12-28)19-7-9-20(30-2)10-8-19/h3-10,15,23H,11-14,16-17H2,1-2H3,(H,26,29). The van der Waals surface area contributed by atoms with Crippen LogP contribution in [0.4, 0.5) is 0 Å². The third kappa shape index (κ3) is 6.16. The van der Waals surface area contributed by atoms with E-state index in [1.165, 1.54) is 0 Å². The largest absolute Gasteiger partial charge is 0.497 e. The first-order valence-electron chi connectivity index (χ1n) is 11.0. The van der Waals surface area contributed by atoms with Gasteiger partial charge < -0.3 is 19.3 Å². The van der Waals surface area contributed by atoms with Gasteiger partial charge in [-0.3, -0.25) is 9.69 Å². The van der Waals surface area contributed by atoms with E-state index in [4.69, 9.17) is 14.0 Å². The lowest BCUT2D eigenvalue weighted by atomic mass is 10.0. The molecule has 1 fully saturated rings. The van der Waals surface area contributed by atoms with E-state index in [-0.39, 0.29) is 11.9 Å². The second-order valence-electron chi connectivity index (χ2n) is 7.87. The SMILES string of the molecule is COc1ccc(C(CNC(=O)c2ccccc2SCc2cc(C)no2)N2CCOCC2)cc1. The number of morpholine rings is 1. The predicted octanol–water partition coefficient (Wildman–Crippen LogP) is 4.09. The highest BCUT2D eigenvalue weighted by molar-refractivity contribution is 7.98. The summed E-state index contributed by atoms with van der Waals surface area (Å²) in [4.78, 5) is 16.4. The number of nitrogens with one attached hydrogen (secondary N) is 1.